The number of esters is 1. The van der Waals surface area contributed by atoms with Crippen LogP contribution in [-0.2, 0) is 21.9 Å². The average Bonchev–Trinajstić information content (AvgIpc) is 2.30. The summed E-state index contributed by atoms with van der Waals surface area (Å²) < 4.78 is 25.5. The van der Waals surface area contributed by atoms with Crippen molar-refractivity contribution in [3.8, 4) is 0 Å². The lowest BCUT2D eigenvalue weighted by Gasteiger charge is -2.46. The summed E-state index contributed by atoms with van der Waals surface area (Å²) in [7, 11) is -8.93. The fourth-order valence-corrected chi connectivity index (χ4v) is 17.0. The molecule has 0 saturated heterocycles. The minimum Gasteiger partial charge on any atom is -0.459 e. The van der Waals surface area contributed by atoms with E-state index in [9.17, 15) is 4.79 Å². The molecule has 0 aromatic heterocycles. The zero-order valence-electron chi connectivity index (χ0n) is 18.0. The largest absolute Gasteiger partial charge is 0.476 e. The van der Waals surface area contributed by atoms with E-state index in [-0.39, 0.29) is 11.6 Å². The van der Waals surface area contributed by atoms with Gasteiger partial charge in [0, 0.05) is 6.08 Å². The molecule has 0 fully saturated rings. The van der Waals surface area contributed by atoms with Gasteiger partial charge in [0.15, 0.2) is 25.0 Å². The minimum atomic E-state index is -3.07. The third-order valence-corrected chi connectivity index (χ3v) is 15.4. The van der Waals surface area contributed by atoms with Gasteiger partial charge in [-0.3, -0.25) is 0 Å². The Labute approximate surface area is 158 Å². The third kappa shape index (κ3) is 10.0. The van der Waals surface area contributed by atoms with E-state index in [4.69, 9.17) is 17.1 Å². The number of hydrogen-bond donors (Lipinski definition) is 0. The first kappa shape index (κ1) is 25.0. The highest BCUT2D eigenvalue weighted by Gasteiger charge is 2.56. The predicted molar refractivity (Wildman–Crippen MR) is 114 cm³/mol. The van der Waals surface area contributed by atoms with Crippen LogP contribution in [0, 0.1) is 0 Å². The molecule has 0 rings (SSSR count). The molecule has 0 aliphatic carbocycles. The summed E-state index contributed by atoms with van der Waals surface area (Å²) >= 11 is 0. The highest BCUT2D eigenvalue weighted by molar-refractivity contribution is 6.90. The summed E-state index contributed by atoms with van der Waals surface area (Å²) in [6, 6.07) is 0. The molecule has 0 heterocycles. The Bertz CT molecular complexity index is 422. The molecule has 0 aliphatic rings. The number of ether oxygens (including phenoxy) is 1. The first-order valence-electron chi connectivity index (χ1n) is 8.84. The summed E-state index contributed by atoms with van der Waals surface area (Å²) in [5, 5.41) is 0. The van der Waals surface area contributed by atoms with Crippen molar-refractivity contribution in [1.82, 2.24) is 0 Å². The second-order valence-electron chi connectivity index (χ2n) is 9.38. The van der Waals surface area contributed by atoms with E-state index >= 15 is 0 Å². The molecular formula is C16H38O5Si4. The standard InChI is InChI=1S/C16H38O5Si4/c1-13-16(17)18-14(2)15(3)25(19-22(4,5)6,20-23(7,8)9)21-24(10,11)12/h13-15H,1H2,2-12H3. The summed E-state index contributed by atoms with van der Waals surface area (Å²) in [5.74, 6) is -0.434. The van der Waals surface area contributed by atoms with Crippen molar-refractivity contribution in [3.05, 3.63) is 12.7 Å². The molecule has 25 heavy (non-hydrogen) atoms. The Hall–Kier alpha value is -0.0425. The SMILES string of the molecule is C=CC(=O)OC(C)C(C)[Si](O[Si](C)(C)C)(O[Si](C)(C)C)O[Si](C)(C)C. The molecule has 0 aromatic rings. The number of hydrogen-bond acceptors (Lipinski definition) is 5. The third-order valence-electron chi connectivity index (χ3n) is 3.08. The molecule has 0 aliphatic heterocycles. The Morgan fingerprint density at radius 3 is 1.36 bits per heavy atom. The fourth-order valence-electron chi connectivity index (χ4n) is 2.24. The van der Waals surface area contributed by atoms with Gasteiger partial charge in [0.25, 0.3) is 0 Å². The smallest absolute Gasteiger partial charge is 0.459 e. The van der Waals surface area contributed by atoms with Crippen LogP contribution >= 0.6 is 0 Å². The van der Waals surface area contributed by atoms with E-state index in [0.717, 1.165) is 0 Å². The first-order chi connectivity index (χ1) is 10.9. The van der Waals surface area contributed by atoms with Gasteiger partial charge in [-0.15, -0.1) is 0 Å². The van der Waals surface area contributed by atoms with Crippen molar-refractivity contribution in [3.63, 3.8) is 0 Å². The minimum absolute atomic E-state index is 0.151. The molecule has 0 aromatic carbocycles. The average molecular weight is 423 g/mol. The molecule has 0 spiro atoms. The summed E-state index contributed by atoms with van der Waals surface area (Å²) in [6.07, 6.45) is 0.811. The Morgan fingerprint density at radius 1 is 0.800 bits per heavy atom. The van der Waals surface area contributed by atoms with Crippen LogP contribution in [0.15, 0.2) is 12.7 Å². The second kappa shape index (κ2) is 8.76. The van der Waals surface area contributed by atoms with Gasteiger partial charge < -0.3 is 17.1 Å². The second-order valence-corrected chi connectivity index (χ2v) is 26.6. The van der Waals surface area contributed by atoms with Crippen molar-refractivity contribution in [2.75, 3.05) is 0 Å². The Balaban J connectivity index is 6.01. The highest BCUT2D eigenvalue weighted by Crippen LogP contribution is 2.37. The van der Waals surface area contributed by atoms with Gasteiger partial charge in [-0.05, 0) is 65.8 Å². The van der Waals surface area contributed by atoms with Gasteiger partial charge in [0.1, 0.15) is 6.10 Å². The van der Waals surface area contributed by atoms with E-state index in [0.29, 0.717) is 0 Å². The van der Waals surface area contributed by atoms with E-state index in [1.807, 2.05) is 13.8 Å². The van der Waals surface area contributed by atoms with Crippen LogP contribution < -0.4 is 0 Å². The van der Waals surface area contributed by atoms with Gasteiger partial charge in [-0.25, -0.2) is 4.79 Å². The molecule has 0 N–H and O–H groups in total. The molecule has 2 unspecified atom stereocenters. The molecule has 0 amide bonds. The van der Waals surface area contributed by atoms with E-state index in [2.05, 4.69) is 65.5 Å². The zero-order valence-corrected chi connectivity index (χ0v) is 22.0. The lowest BCUT2D eigenvalue weighted by Crippen LogP contribution is -2.64. The van der Waals surface area contributed by atoms with Gasteiger partial charge in [-0.1, -0.05) is 13.5 Å². The first-order valence-corrected chi connectivity index (χ1v) is 20.9. The number of rotatable bonds is 10. The van der Waals surface area contributed by atoms with Gasteiger partial charge in [-0.2, -0.15) is 0 Å². The van der Waals surface area contributed by atoms with Crippen molar-refractivity contribution >= 4 is 39.7 Å². The predicted octanol–water partition coefficient (Wildman–Crippen LogP) is 4.99. The Morgan fingerprint density at radius 2 is 1.12 bits per heavy atom. The topological polar surface area (TPSA) is 54.0 Å². The van der Waals surface area contributed by atoms with Gasteiger partial charge in [0.05, 0.1) is 5.54 Å². The van der Waals surface area contributed by atoms with Crippen molar-refractivity contribution in [2.45, 2.75) is 84.4 Å². The monoisotopic (exact) mass is 422 g/mol. The van der Waals surface area contributed by atoms with E-state index < -0.39 is 39.7 Å². The lowest BCUT2D eigenvalue weighted by atomic mass is 10.3. The molecule has 0 radical (unpaired) electrons. The van der Waals surface area contributed by atoms with E-state index in [1.165, 1.54) is 6.08 Å². The molecule has 0 saturated carbocycles. The van der Waals surface area contributed by atoms with Crippen LogP contribution in [0.2, 0.25) is 64.5 Å². The quantitative estimate of drug-likeness (QED) is 0.282. The Kier molecular flexibility index (Phi) is 8.75. The van der Waals surface area contributed by atoms with Crippen molar-refractivity contribution in [2.24, 2.45) is 0 Å². The van der Waals surface area contributed by atoms with Gasteiger partial charge in [0.2, 0.25) is 0 Å². The normalized spacial score (nSPS) is 16.3. The molecular weight excluding hydrogens is 385 g/mol. The maximum absolute atomic E-state index is 11.7. The van der Waals surface area contributed by atoms with Crippen LogP contribution in [0.3, 0.4) is 0 Å². The van der Waals surface area contributed by atoms with Crippen LogP contribution in [-0.4, -0.2) is 45.8 Å². The molecule has 0 bridgehead atoms. The highest BCUT2D eigenvalue weighted by atomic mass is 28.5. The van der Waals surface area contributed by atoms with Gasteiger partial charge >= 0.3 is 14.8 Å². The molecule has 148 valence electrons. The maximum atomic E-state index is 11.7. The van der Waals surface area contributed by atoms with Crippen LogP contribution in [0.25, 0.3) is 0 Å². The van der Waals surface area contributed by atoms with Crippen molar-refractivity contribution < 1.29 is 21.9 Å². The van der Waals surface area contributed by atoms with Crippen LogP contribution in [0.5, 0.6) is 0 Å². The lowest BCUT2D eigenvalue weighted by molar-refractivity contribution is -0.142. The number of carbonyl (C=O) groups excluding carboxylic acids is 1. The number of carbonyl (C=O) groups is 1. The van der Waals surface area contributed by atoms with Crippen LogP contribution in [0.1, 0.15) is 13.8 Å². The summed E-state index contributed by atoms with van der Waals surface area (Å²) in [6.45, 7) is 26.7. The van der Waals surface area contributed by atoms with E-state index in [1.54, 1.807) is 0 Å². The summed E-state index contributed by atoms with van der Waals surface area (Å²) in [4.78, 5) is 11.7. The summed E-state index contributed by atoms with van der Waals surface area (Å²) in [5.41, 5.74) is -0.151. The molecule has 5 nitrogen and oxygen atoms in total. The maximum Gasteiger partial charge on any atom is 0.476 e. The van der Waals surface area contributed by atoms with Crippen molar-refractivity contribution in [1.29, 1.82) is 0 Å². The van der Waals surface area contributed by atoms with Crippen LogP contribution in [0.4, 0.5) is 0 Å². The molecule has 9 heteroatoms. The zero-order chi connectivity index (χ0) is 20.3. The fraction of sp³-hybridized carbons (Fsp3) is 0.812. The molecule has 2 atom stereocenters.